The van der Waals surface area contributed by atoms with Crippen molar-refractivity contribution in [2.45, 2.75) is 58.3 Å². The van der Waals surface area contributed by atoms with Gasteiger partial charge in [0.2, 0.25) is 0 Å². The summed E-state index contributed by atoms with van der Waals surface area (Å²) in [4.78, 5) is 32.9. The number of carbonyl (C=O) groups excluding carboxylic acids is 2. The number of aryl methyl sites for hydroxylation is 1. The molecule has 4 nitrogen and oxygen atoms in total. The summed E-state index contributed by atoms with van der Waals surface area (Å²) >= 11 is 0. The minimum absolute atomic E-state index is 0.137. The van der Waals surface area contributed by atoms with Crippen molar-refractivity contribution in [3.8, 4) is 0 Å². The quantitative estimate of drug-likeness (QED) is 0.619. The molecule has 4 heteroatoms. The number of rotatable bonds is 2. The van der Waals surface area contributed by atoms with Crippen LogP contribution >= 0.6 is 0 Å². The van der Waals surface area contributed by atoms with E-state index >= 15 is 0 Å². The molecule has 0 aliphatic heterocycles. The zero-order valence-electron chi connectivity index (χ0n) is 13.3. The summed E-state index contributed by atoms with van der Waals surface area (Å²) < 4.78 is 0. The standard InChI is InChI=1S/C17H22O4/c1-6-14(18)20-21-15(19)17(5)10-16(3,4)12-7-11(2)8-13(17)9-12/h7-9H,6,10H2,1-5H3. The summed E-state index contributed by atoms with van der Waals surface area (Å²) in [6.07, 6.45) is 0.786. The zero-order chi connectivity index (χ0) is 15.8. The first-order valence-corrected chi connectivity index (χ1v) is 7.23. The van der Waals surface area contributed by atoms with E-state index in [1.807, 2.05) is 26.0 Å². The molecular formula is C17H22O4. The van der Waals surface area contributed by atoms with E-state index in [0.717, 1.165) is 11.1 Å². The van der Waals surface area contributed by atoms with E-state index in [1.54, 1.807) is 6.92 Å². The monoisotopic (exact) mass is 290 g/mol. The van der Waals surface area contributed by atoms with Gasteiger partial charge in [0, 0.05) is 6.42 Å². The first-order chi connectivity index (χ1) is 9.69. The lowest BCUT2D eigenvalue weighted by Gasteiger charge is -2.41. The molecule has 1 aromatic rings. The number of benzene rings is 1. The fraction of sp³-hybridized carbons (Fsp3) is 0.529. The molecular weight excluding hydrogens is 268 g/mol. The van der Waals surface area contributed by atoms with E-state index in [2.05, 4.69) is 24.8 Å². The Bertz CT molecular complexity index is 588. The third-order valence-corrected chi connectivity index (χ3v) is 4.24. The van der Waals surface area contributed by atoms with Crippen molar-refractivity contribution < 1.29 is 19.4 Å². The van der Waals surface area contributed by atoms with Gasteiger partial charge in [0.05, 0.1) is 5.41 Å². The van der Waals surface area contributed by atoms with Gasteiger partial charge in [-0.3, -0.25) is 0 Å². The van der Waals surface area contributed by atoms with Crippen molar-refractivity contribution in [1.82, 2.24) is 0 Å². The molecule has 1 aliphatic carbocycles. The van der Waals surface area contributed by atoms with Crippen molar-refractivity contribution in [2.24, 2.45) is 0 Å². The Morgan fingerprint density at radius 3 is 2.33 bits per heavy atom. The van der Waals surface area contributed by atoms with Crippen LogP contribution in [0.2, 0.25) is 0 Å². The van der Waals surface area contributed by atoms with Crippen LogP contribution in [0.25, 0.3) is 0 Å². The molecule has 0 radical (unpaired) electrons. The first kappa shape index (κ1) is 15.5. The molecule has 0 amide bonds. The second-order valence-electron chi connectivity index (χ2n) is 6.66. The van der Waals surface area contributed by atoms with Gasteiger partial charge in [-0.1, -0.05) is 44.5 Å². The van der Waals surface area contributed by atoms with Gasteiger partial charge in [-0.2, -0.15) is 0 Å². The highest BCUT2D eigenvalue weighted by atomic mass is 17.2. The average molecular weight is 290 g/mol. The van der Waals surface area contributed by atoms with Gasteiger partial charge in [0.25, 0.3) is 0 Å². The summed E-state index contributed by atoms with van der Waals surface area (Å²) in [6, 6.07) is 6.17. The summed E-state index contributed by atoms with van der Waals surface area (Å²) in [5.41, 5.74) is 2.29. The van der Waals surface area contributed by atoms with E-state index < -0.39 is 17.4 Å². The molecule has 21 heavy (non-hydrogen) atoms. The topological polar surface area (TPSA) is 52.6 Å². The molecule has 114 valence electrons. The van der Waals surface area contributed by atoms with Crippen molar-refractivity contribution in [2.75, 3.05) is 0 Å². The Morgan fingerprint density at radius 2 is 1.71 bits per heavy atom. The Morgan fingerprint density at radius 1 is 1.10 bits per heavy atom. The van der Waals surface area contributed by atoms with Crippen LogP contribution in [0.3, 0.4) is 0 Å². The predicted octanol–water partition coefficient (Wildman–Crippen LogP) is 3.35. The maximum Gasteiger partial charge on any atom is 0.365 e. The highest BCUT2D eigenvalue weighted by Gasteiger charge is 2.47. The van der Waals surface area contributed by atoms with Crippen LogP contribution in [0.5, 0.6) is 0 Å². The highest BCUT2D eigenvalue weighted by Crippen LogP contribution is 2.45. The summed E-state index contributed by atoms with van der Waals surface area (Å²) in [7, 11) is 0. The van der Waals surface area contributed by atoms with Gasteiger partial charge < -0.3 is 0 Å². The number of carbonyl (C=O) groups is 2. The maximum atomic E-state index is 12.4. The lowest BCUT2D eigenvalue weighted by Crippen LogP contribution is -2.43. The fourth-order valence-corrected chi connectivity index (χ4v) is 3.01. The summed E-state index contributed by atoms with van der Waals surface area (Å²) in [5, 5.41) is 0. The SMILES string of the molecule is CCC(=O)OOC(=O)C1(C)CC(C)(C)c2cc(C)cc1c2. The predicted molar refractivity (Wildman–Crippen MR) is 78.6 cm³/mol. The molecule has 1 aromatic carbocycles. The minimum Gasteiger partial charge on any atom is -0.247 e. The Labute approximate surface area is 125 Å². The second-order valence-corrected chi connectivity index (χ2v) is 6.66. The Kier molecular flexibility index (Phi) is 3.83. The van der Waals surface area contributed by atoms with Crippen molar-refractivity contribution in [3.63, 3.8) is 0 Å². The second kappa shape index (κ2) is 5.17. The van der Waals surface area contributed by atoms with E-state index in [-0.39, 0.29) is 11.8 Å². The van der Waals surface area contributed by atoms with Crippen LogP contribution in [-0.2, 0) is 30.2 Å². The molecule has 0 heterocycles. The van der Waals surface area contributed by atoms with Crippen LogP contribution < -0.4 is 0 Å². The molecule has 2 bridgehead atoms. The van der Waals surface area contributed by atoms with Gasteiger partial charge in [-0.15, -0.1) is 0 Å². The van der Waals surface area contributed by atoms with E-state index in [0.29, 0.717) is 6.42 Å². The molecule has 0 saturated carbocycles. The molecule has 1 aliphatic rings. The first-order valence-electron chi connectivity index (χ1n) is 7.23. The van der Waals surface area contributed by atoms with Gasteiger partial charge in [-0.05, 0) is 36.8 Å². The van der Waals surface area contributed by atoms with Gasteiger partial charge in [0.1, 0.15) is 0 Å². The zero-order valence-corrected chi connectivity index (χ0v) is 13.3. The van der Waals surface area contributed by atoms with Crippen LogP contribution in [0, 0.1) is 6.92 Å². The van der Waals surface area contributed by atoms with Gasteiger partial charge in [0.15, 0.2) is 0 Å². The number of hydrogen-bond donors (Lipinski definition) is 0. The van der Waals surface area contributed by atoms with Crippen molar-refractivity contribution in [1.29, 1.82) is 0 Å². The summed E-state index contributed by atoms with van der Waals surface area (Å²) in [5.74, 6) is -1.07. The van der Waals surface area contributed by atoms with Crippen molar-refractivity contribution >= 4 is 11.9 Å². The van der Waals surface area contributed by atoms with Crippen LogP contribution in [0.1, 0.15) is 57.2 Å². The average Bonchev–Trinajstić information content (AvgIpc) is 2.41. The minimum atomic E-state index is -0.809. The smallest absolute Gasteiger partial charge is 0.247 e. The fourth-order valence-electron chi connectivity index (χ4n) is 3.01. The third-order valence-electron chi connectivity index (χ3n) is 4.24. The van der Waals surface area contributed by atoms with Gasteiger partial charge in [-0.25, -0.2) is 19.4 Å². The lowest BCUT2D eigenvalue weighted by atomic mass is 9.62. The maximum absolute atomic E-state index is 12.4. The Hall–Kier alpha value is -1.84. The normalized spacial score (nSPS) is 22.5. The van der Waals surface area contributed by atoms with E-state index in [1.165, 1.54) is 5.56 Å². The van der Waals surface area contributed by atoms with Crippen LogP contribution in [-0.4, -0.2) is 11.9 Å². The third kappa shape index (κ3) is 2.80. The summed E-state index contributed by atoms with van der Waals surface area (Å²) in [6.45, 7) is 9.71. The van der Waals surface area contributed by atoms with Crippen molar-refractivity contribution in [3.05, 3.63) is 34.9 Å². The molecule has 0 saturated heterocycles. The molecule has 1 atom stereocenters. The number of fused-ring (bicyclic) bond motifs is 2. The van der Waals surface area contributed by atoms with Crippen LogP contribution in [0.15, 0.2) is 18.2 Å². The molecule has 2 rings (SSSR count). The number of hydrogen-bond acceptors (Lipinski definition) is 4. The Balaban J connectivity index is 2.33. The van der Waals surface area contributed by atoms with Gasteiger partial charge >= 0.3 is 11.9 Å². The highest BCUT2D eigenvalue weighted by molar-refractivity contribution is 5.84. The molecule has 1 unspecified atom stereocenters. The van der Waals surface area contributed by atoms with E-state index in [9.17, 15) is 9.59 Å². The lowest BCUT2D eigenvalue weighted by molar-refractivity contribution is -0.263. The van der Waals surface area contributed by atoms with E-state index in [4.69, 9.17) is 4.89 Å². The molecule has 0 fully saturated rings. The largest absolute Gasteiger partial charge is 0.365 e. The van der Waals surface area contributed by atoms with Crippen LogP contribution in [0.4, 0.5) is 0 Å². The molecule has 0 N–H and O–H groups in total. The molecule has 0 spiro atoms. The molecule has 0 aromatic heterocycles.